The van der Waals surface area contributed by atoms with Crippen LogP contribution in [0.4, 0.5) is 5.69 Å². The summed E-state index contributed by atoms with van der Waals surface area (Å²) in [7, 11) is 1.54. The lowest BCUT2D eigenvalue weighted by molar-refractivity contribution is 0.0961. The number of hydrogen-bond acceptors (Lipinski definition) is 3. The fourth-order valence-corrected chi connectivity index (χ4v) is 3.15. The summed E-state index contributed by atoms with van der Waals surface area (Å²) in [6.45, 7) is 0. The van der Waals surface area contributed by atoms with Gasteiger partial charge in [0.15, 0.2) is 0 Å². The minimum absolute atomic E-state index is 0.241. The minimum Gasteiger partial charge on any atom is -0.355 e. The van der Waals surface area contributed by atoms with E-state index in [0.29, 0.717) is 21.2 Å². The zero-order chi connectivity index (χ0) is 14.7. The number of rotatable bonds is 3. The molecular weight excluding hydrogens is 364 g/mol. The molecule has 2 N–H and O–H groups in total. The lowest BCUT2D eigenvalue weighted by atomic mass is 10.2. The highest BCUT2D eigenvalue weighted by molar-refractivity contribution is 9.10. The Morgan fingerprint density at radius 1 is 1.25 bits per heavy atom. The lowest BCUT2D eigenvalue weighted by Crippen LogP contribution is -2.18. The first-order valence-electron chi connectivity index (χ1n) is 5.59. The second-order valence-electron chi connectivity index (χ2n) is 3.83. The minimum atomic E-state index is -0.275. The maximum Gasteiger partial charge on any atom is 0.266 e. The highest BCUT2D eigenvalue weighted by atomic mass is 79.9. The van der Waals surface area contributed by atoms with Crippen LogP contribution < -0.4 is 10.6 Å². The van der Waals surface area contributed by atoms with Gasteiger partial charge in [0.2, 0.25) is 0 Å². The SMILES string of the molecule is CNC(=O)c1ccc(Cl)c(NC(=O)c2sccc2Br)c1. The van der Waals surface area contributed by atoms with E-state index in [0.717, 1.165) is 4.47 Å². The van der Waals surface area contributed by atoms with E-state index in [2.05, 4.69) is 26.6 Å². The molecule has 20 heavy (non-hydrogen) atoms. The predicted molar refractivity (Wildman–Crippen MR) is 84.8 cm³/mol. The van der Waals surface area contributed by atoms with Crippen LogP contribution >= 0.6 is 38.9 Å². The Bertz CT molecular complexity index is 672. The zero-order valence-electron chi connectivity index (χ0n) is 10.4. The van der Waals surface area contributed by atoms with Crippen molar-refractivity contribution >= 4 is 56.4 Å². The van der Waals surface area contributed by atoms with Gasteiger partial charge in [0.25, 0.3) is 11.8 Å². The molecule has 0 spiro atoms. The van der Waals surface area contributed by atoms with Crippen LogP contribution in [-0.2, 0) is 0 Å². The van der Waals surface area contributed by atoms with Gasteiger partial charge in [-0.05, 0) is 45.6 Å². The van der Waals surface area contributed by atoms with Crippen LogP contribution in [0.5, 0.6) is 0 Å². The van der Waals surface area contributed by atoms with Crippen LogP contribution in [0.2, 0.25) is 5.02 Å². The first-order valence-corrected chi connectivity index (χ1v) is 7.64. The maximum absolute atomic E-state index is 12.1. The van der Waals surface area contributed by atoms with E-state index in [-0.39, 0.29) is 11.8 Å². The molecule has 1 aromatic carbocycles. The van der Waals surface area contributed by atoms with Gasteiger partial charge >= 0.3 is 0 Å². The van der Waals surface area contributed by atoms with Crippen LogP contribution in [0.3, 0.4) is 0 Å². The number of carbonyl (C=O) groups excluding carboxylic acids is 2. The molecule has 0 fully saturated rings. The Hall–Kier alpha value is -1.37. The third kappa shape index (κ3) is 3.20. The Labute approximate surface area is 133 Å². The molecule has 0 unspecified atom stereocenters. The van der Waals surface area contributed by atoms with Gasteiger partial charge in [0.05, 0.1) is 10.7 Å². The fraction of sp³-hybridized carbons (Fsp3) is 0.0769. The van der Waals surface area contributed by atoms with Crippen molar-refractivity contribution in [2.24, 2.45) is 0 Å². The average molecular weight is 374 g/mol. The molecule has 0 radical (unpaired) electrons. The van der Waals surface area contributed by atoms with Crippen molar-refractivity contribution in [2.75, 3.05) is 12.4 Å². The predicted octanol–water partition coefficient (Wildman–Crippen LogP) is 3.78. The highest BCUT2D eigenvalue weighted by Gasteiger charge is 2.14. The van der Waals surface area contributed by atoms with Gasteiger partial charge in [-0.2, -0.15) is 0 Å². The molecule has 4 nitrogen and oxygen atoms in total. The number of halogens is 2. The fourth-order valence-electron chi connectivity index (χ4n) is 1.54. The molecule has 1 heterocycles. The molecule has 104 valence electrons. The number of benzene rings is 1. The molecule has 0 aliphatic carbocycles. The summed E-state index contributed by atoms with van der Waals surface area (Å²) in [5.74, 6) is -0.516. The van der Waals surface area contributed by atoms with Gasteiger partial charge in [0, 0.05) is 17.1 Å². The van der Waals surface area contributed by atoms with Gasteiger partial charge in [-0.15, -0.1) is 11.3 Å². The molecule has 0 aliphatic heterocycles. The van der Waals surface area contributed by atoms with Crippen molar-refractivity contribution in [3.63, 3.8) is 0 Å². The van der Waals surface area contributed by atoms with E-state index >= 15 is 0 Å². The Kier molecular flexibility index (Phi) is 4.80. The average Bonchev–Trinajstić information content (AvgIpc) is 2.86. The molecule has 7 heteroatoms. The molecule has 0 bridgehead atoms. The van der Waals surface area contributed by atoms with E-state index in [1.54, 1.807) is 24.3 Å². The largest absolute Gasteiger partial charge is 0.355 e. The molecule has 0 saturated heterocycles. The van der Waals surface area contributed by atoms with Crippen molar-refractivity contribution in [3.05, 3.63) is 49.6 Å². The summed E-state index contributed by atoms with van der Waals surface area (Å²) in [5, 5.41) is 7.40. The number of hydrogen-bond donors (Lipinski definition) is 2. The number of nitrogens with one attached hydrogen (secondary N) is 2. The molecule has 0 atom stereocenters. The first-order chi connectivity index (χ1) is 9.52. The van der Waals surface area contributed by atoms with Gasteiger partial charge in [-0.25, -0.2) is 0 Å². The number of thiophene rings is 1. The van der Waals surface area contributed by atoms with Crippen molar-refractivity contribution in [2.45, 2.75) is 0 Å². The number of amides is 2. The van der Waals surface area contributed by atoms with Crippen LogP contribution in [0, 0.1) is 0 Å². The standard InChI is InChI=1S/C13H10BrClN2O2S/c1-16-12(18)7-2-3-9(15)10(6-7)17-13(19)11-8(14)4-5-20-11/h2-6H,1H3,(H,16,18)(H,17,19). The Morgan fingerprint density at radius 2 is 2.00 bits per heavy atom. The van der Waals surface area contributed by atoms with E-state index in [4.69, 9.17) is 11.6 Å². The topological polar surface area (TPSA) is 58.2 Å². The van der Waals surface area contributed by atoms with Crippen LogP contribution in [-0.4, -0.2) is 18.9 Å². The first kappa shape index (κ1) is 15.0. The van der Waals surface area contributed by atoms with Crippen LogP contribution in [0.15, 0.2) is 34.1 Å². The van der Waals surface area contributed by atoms with E-state index in [1.807, 2.05) is 5.38 Å². The van der Waals surface area contributed by atoms with E-state index in [9.17, 15) is 9.59 Å². The Balaban J connectivity index is 2.27. The second kappa shape index (κ2) is 6.39. The van der Waals surface area contributed by atoms with Gasteiger partial charge < -0.3 is 10.6 Å². The summed E-state index contributed by atoms with van der Waals surface area (Å²) in [4.78, 5) is 24.2. The number of carbonyl (C=O) groups is 2. The molecule has 1 aromatic heterocycles. The van der Waals surface area contributed by atoms with Crippen LogP contribution in [0.25, 0.3) is 0 Å². The van der Waals surface area contributed by atoms with Gasteiger partial charge in [-0.1, -0.05) is 11.6 Å². The summed E-state index contributed by atoms with van der Waals surface area (Å²) in [5.41, 5.74) is 0.829. The van der Waals surface area contributed by atoms with Crippen molar-refractivity contribution in [1.82, 2.24) is 5.32 Å². The summed E-state index contributed by atoms with van der Waals surface area (Å²) in [6.07, 6.45) is 0. The molecule has 2 rings (SSSR count). The third-order valence-corrected chi connectivity index (χ3v) is 4.69. The highest BCUT2D eigenvalue weighted by Crippen LogP contribution is 2.27. The van der Waals surface area contributed by atoms with E-state index in [1.165, 1.54) is 18.4 Å². The van der Waals surface area contributed by atoms with Gasteiger partial charge in [0.1, 0.15) is 4.88 Å². The quantitative estimate of drug-likeness (QED) is 0.860. The maximum atomic E-state index is 12.1. The smallest absolute Gasteiger partial charge is 0.266 e. The summed E-state index contributed by atoms with van der Waals surface area (Å²) < 4.78 is 0.721. The molecular formula is C13H10BrClN2O2S. The van der Waals surface area contributed by atoms with Crippen LogP contribution in [0.1, 0.15) is 20.0 Å². The number of anilines is 1. The van der Waals surface area contributed by atoms with E-state index < -0.39 is 0 Å². The molecule has 2 amide bonds. The van der Waals surface area contributed by atoms with Crippen molar-refractivity contribution < 1.29 is 9.59 Å². The second-order valence-corrected chi connectivity index (χ2v) is 6.00. The van der Waals surface area contributed by atoms with Crippen molar-refractivity contribution in [3.8, 4) is 0 Å². The monoisotopic (exact) mass is 372 g/mol. The third-order valence-electron chi connectivity index (χ3n) is 2.53. The summed E-state index contributed by atoms with van der Waals surface area (Å²) >= 11 is 10.7. The summed E-state index contributed by atoms with van der Waals surface area (Å²) in [6, 6.07) is 6.51. The molecule has 2 aromatic rings. The lowest BCUT2D eigenvalue weighted by Gasteiger charge is -2.08. The molecule has 0 saturated carbocycles. The molecule has 0 aliphatic rings. The van der Waals surface area contributed by atoms with Crippen molar-refractivity contribution in [1.29, 1.82) is 0 Å². The van der Waals surface area contributed by atoms with Gasteiger partial charge in [-0.3, -0.25) is 9.59 Å². The Morgan fingerprint density at radius 3 is 2.60 bits per heavy atom. The normalized spacial score (nSPS) is 10.2. The zero-order valence-corrected chi connectivity index (χ0v) is 13.5.